The summed E-state index contributed by atoms with van der Waals surface area (Å²) in [6, 6.07) is 8.66. The lowest BCUT2D eigenvalue weighted by Crippen LogP contribution is -2.40. The first-order chi connectivity index (χ1) is 6.29. The molecule has 2 nitrogen and oxygen atoms in total. The van der Waals surface area contributed by atoms with E-state index in [-0.39, 0.29) is 0 Å². The molecule has 0 saturated heterocycles. The lowest BCUT2D eigenvalue weighted by Gasteiger charge is -2.35. The van der Waals surface area contributed by atoms with Gasteiger partial charge in [-0.05, 0) is 24.5 Å². The van der Waals surface area contributed by atoms with E-state index in [0.717, 1.165) is 6.54 Å². The van der Waals surface area contributed by atoms with Crippen LogP contribution in [0, 0.1) is 0 Å². The maximum Gasteiger partial charge on any atom is 0.0553 e. The van der Waals surface area contributed by atoms with Crippen LogP contribution in [0.2, 0.25) is 0 Å². The lowest BCUT2D eigenvalue weighted by molar-refractivity contribution is 0.358. The van der Waals surface area contributed by atoms with Gasteiger partial charge >= 0.3 is 0 Å². The van der Waals surface area contributed by atoms with Gasteiger partial charge in [-0.1, -0.05) is 18.2 Å². The van der Waals surface area contributed by atoms with E-state index in [1.807, 2.05) is 0 Å². The van der Waals surface area contributed by atoms with Crippen molar-refractivity contribution in [1.29, 1.82) is 0 Å². The molecule has 1 aliphatic rings. The number of rotatable bonds is 1. The summed E-state index contributed by atoms with van der Waals surface area (Å²) in [5.41, 5.74) is 2.85. The second kappa shape index (κ2) is 3.38. The highest BCUT2D eigenvalue weighted by atomic mass is 15.6. The van der Waals surface area contributed by atoms with Gasteiger partial charge in [-0.3, -0.25) is 0 Å². The standard InChI is InChI=1S/C11H16N2/c1-12(2)13-9-5-7-10-6-3-4-8-11(10)13/h3-4,6,8H,5,7,9H2,1-2H3. The van der Waals surface area contributed by atoms with E-state index in [0.29, 0.717) is 0 Å². The molecule has 0 fully saturated rings. The molecule has 2 rings (SSSR count). The van der Waals surface area contributed by atoms with E-state index < -0.39 is 0 Å². The van der Waals surface area contributed by atoms with Crippen molar-refractivity contribution in [3.05, 3.63) is 29.8 Å². The molecule has 1 aromatic rings. The minimum Gasteiger partial charge on any atom is -0.306 e. The summed E-state index contributed by atoms with van der Waals surface area (Å²) < 4.78 is 0. The van der Waals surface area contributed by atoms with Crippen LogP contribution >= 0.6 is 0 Å². The molecule has 13 heavy (non-hydrogen) atoms. The predicted octanol–water partition coefficient (Wildman–Crippen LogP) is 1.92. The third kappa shape index (κ3) is 1.54. The summed E-state index contributed by atoms with van der Waals surface area (Å²) in [7, 11) is 4.20. The van der Waals surface area contributed by atoms with E-state index in [1.54, 1.807) is 0 Å². The number of para-hydroxylation sites is 1. The molecule has 1 heterocycles. The molecule has 0 saturated carbocycles. The van der Waals surface area contributed by atoms with Gasteiger partial charge in [0.25, 0.3) is 0 Å². The third-order valence-electron chi connectivity index (χ3n) is 2.57. The molecular formula is C11H16N2. The fourth-order valence-corrected chi connectivity index (χ4v) is 1.93. The average Bonchev–Trinajstić information content (AvgIpc) is 2.17. The van der Waals surface area contributed by atoms with Gasteiger partial charge in [0.15, 0.2) is 0 Å². The molecule has 0 spiro atoms. The van der Waals surface area contributed by atoms with Gasteiger partial charge in [0.2, 0.25) is 0 Å². The summed E-state index contributed by atoms with van der Waals surface area (Å²) in [6.45, 7) is 1.14. The first-order valence-corrected chi connectivity index (χ1v) is 4.82. The van der Waals surface area contributed by atoms with Crippen molar-refractivity contribution < 1.29 is 0 Å². The molecule has 0 aromatic heterocycles. The Balaban J connectivity index is 2.37. The number of hydrogen-bond acceptors (Lipinski definition) is 2. The highest BCUT2D eigenvalue weighted by Crippen LogP contribution is 2.26. The molecule has 2 heteroatoms. The molecule has 1 aliphatic heterocycles. The fraction of sp³-hybridized carbons (Fsp3) is 0.455. The molecule has 0 atom stereocenters. The van der Waals surface area contributed by atoms with Crippen LogP contribution < -0.4 is 5.01 Å². The summed E-state index contributed by atoms with van der Waals surface area (Å²) in [4.78, 5) is 0. The first kappa shape index (κ1) is 8.57. The third-order valence-corrected chi connectivity index (χ3v) is 2.57. The zero-order chi connectivity index (χ0) is 9.26. The number of aryl methyl sites for hydroxylation is 1. The molecule has 0 bridgehead atoms. The Morgan fingerprint density at radius 3 is 2.77 bits per heavy atom. The van der Waals surface area contributed by atoms with Crippen molar-refractivity contribution in [1.82, 2.24) is 5.01 Å². The Morgan fingerprint density at radius 1 is 1.23 bits per heavy atom. The van der Waals surface area contributed by atoms with Crippen molar-refractivity contribution in [2.75, 3.05) is 25.6 Å². The number of hydrazine groups is 1. The Bertz CT molecular complexity index is 294. The van der Waals surface area contributed by atoms with Gasteiger partial charge in [-0.15, -0.1) is 0 Å². The quantitative estimate of drug-likeness (QED) is 0.645. The maximum atomic E-state index is 2.33. The fourth-order valence-electron chi connectivity index (χ4n) is 1.93. The molecule has 70 valence electrons. The summed E-state index contributed by atoms with van der Waals surface area (Å²) >= 11 is 0. The highest BCUT2D eigenvalue weighted by molar-refractivity contribution is 5.54. The number of fused-ring (bicyclic) bond motifs is 1. The Hall–Kier alpha value is -1.02. The van der Waals surface area contributed by atoms with Crippen molar-refractivity contribution in [3.8, 4) is 0 Å². The van der Waals surface area contributed by atoms with Gasteiger partial charge in [-0.25, -0.2) is 5.01 Å². The normalized spacial score (nSPS) is 16.1. The molecule has 0 unspecified atom stereocenters. The van der Waals surface area contributed by atoms with Gasteiger partial charge < -0.3 is 5.01 Å². The number of benzene rings is 1. The average molecular weight is 176 g/mol. The highest BCUT2D eigenvalue weighted by Gasteiger charge is 2.16. The summed E-state index contributed by atoms with van der Waals surface area (Å²) in [6.07, 6.45) is 2.48. The van der Waals surface area contributed by atoms with E-state index >= 15 is 0 Å². The van der Waals surface area contributed by atoms with E-state index in [4.69, 9.17) is 0 Å². The van der Waals surface area contributed by atoms with Gasteiger partial charge in [0, 0.05) is 20.6 Å². The molecule has 0 radical (unpaired) electrons. The zero-order valence-electron chi connectivity index (χ0n) is 8.33. The van der Waals surface area contributed by atoms with Gasteiger partial charge in [-0.2, -0.15) is 0 Å². The second-order valence-corrected chi connectivity index (χ2v) is 3.70. The Kier molecular flexibility index (Phi) is 2.23. The Labute approximate surface area is 79.7 Å². The summed E-state index contributed by atoms with van der Waals surface area (Å²) in [5.74, 6) is 0. The zero-order valence-corrected chi connectivity index (χ0v) is 8.33. The van der Waals surface area contributed by atoms with Crippen LogP contribution in [-0.4, -0.2) is 25.6 Å². The topological polar surface area (TPSA) is 6.48 Å². The van der Waals surface area contributed by atoms with Crippen molar-refractivity contribution in [2.24, 2.45) is 0 Å². The number of anilines is 1. The number of nitrogens with zero attached hydrogens (tertiary/aromatic N) is 2. The molecule has 1 aromatic carbocycles. The molecule has 0 N–H and O–H groups in total. The van der Waals surface area contributed by atoms with Crippen LogP contribution in [0.25, 0.3) is 0 Å². The van der Waals surface area contributed by atoms with Gasteiger partial charge in [0.05, 0.1) is 5.69 Å². The largest absolute Gasteiger partial charge is 0.306 e. The predicted molar refractivity (Wildman–Crippen MR) is 55.8 cm³/mol. The van der Waals surface area contributed by atoms with Crippen molar-refractivity contribution in [2.45, 2.75) is 12.8 Å². The second-order valence-electron chi connectivity index (χ2n) is 3.70. The minimum atomic E-state index is 1.14. The molecular weight excluding hydrogens is 160 g/mol. The minimum absolute atomic E-state index is 1.14. The van der Waals surface area contributed by atoms with Crippen LogP contribution in [0.1, 0.15) is 12.0 Å². The monoisotopic (exact) mass is 176 g/mol. The van der Waals surface area contributed by atoms with Crippen LogP contribution in [-0.2, 0) is 6.42 Å². The lowest BCUT2D eigenvalue weighted by atomic mass is 10.0. The maximum absolute atomic E-state index is 2.33. The van der Waals surface area contributed by atoms with Gasteiger partial charge in [0.1, 0.15) is 0 Å². The first-order valence-electron chi connectivity index (χ1n) is 4.82. The molecule has 0 amide bonds. The smallest absolute Gasteiger partial charge is 0.0553 e. The van der Waals surface area contributed by atoms with E-state index in [9.17, 15) is 0 Å². The van der Waals surface area contributed by atoms with Crippen LogP contribution in [0.5, 0.6) is 0 Å². The number of hydrogen-bond donors (Lipinski definition) is 0. The van der Waals surface area contributed by atoms with Crippen molar-refractivity contribution >= 4 is 5.69 Å². The van der Waals surface area contributed by atoms with Crippen LogP contribution in [0.15, 0.2) is 24.3 Å². The van der Waals surface area contributed by atoms with Crippen LogP contribution in [0.3, 0.4) is 0 Å². The molecule has 0 aliphatic carbocycles. The van der Waals surface area contributed by atoms with Crippen LogP contribution in [0.4, 0.5) is 5.69 Å². The summed E-state index contributed by atoms with van der Waals surface area (Å²) in [5, 5.41) is 4.50. The Morgan fingerprint density at radius 2 is 2.00 bits per heavy atom. The van der Waals surface area contributed by atoms with E-state index in [1.165, 1.54) is 24.1 Å². The van der Waals surface area contributed by atoms with Crippen molar-refractivity contribution in [3.63, 3.8) is 0 Å². The van der Waals surface area contributed by atoms with E-state index in [2.05, 4.69) is 48.4 Å². The SMILES string of the molecule is CN(C)N1CCCc2ccccc21.